The normalized spacial score (nSPS) is 22.5. The molecule has 4 nitrogen and oxygen atoms in total. The van der Waals surface area contributed by atoms with Crippen molar-refractivity contribution in [2.24, 2.45) is 0 Å². The summed E-state index contributed by atoms with van der Waals surface area (Å²) in [4.78, 5) is 17.8. The van der Waals surface area contributed by atoms with E-state index in [1.165, 1.54) is 5.56 Å². The van der Waals surface area contributed by atoms with Gasteiger partial charge in [-0.05, 0) is 38.0 Å². The molecule has 0 atom stereocenters. The van der Waals surface area contributed by atoms with Crippen molar-refractivity contribution in [3.05, 3.63) is 35.9 Å². The number of hydrogen-bond acceptors (Lipinski definition) is 3. The molecule has 4 heteroatoms. The van der Waals surface area contributed by atoms with Crippen molar-refractivity contribution < 1.29 is 9.53 Å². The molecule has 3 rings (SSSR count). The van der Waals surface area contributed by atoms with Gasteiger partial charge in [0.15, 0.2) is 0 Å². The number of carbonyl (C=O) groups is 1. The average molecular weight is 302 g/mol. The second-order valence-corrected chi connectivity index (χ2v) is 6.29. The highest BCUT2D eigenvalue weighted by Crippen LogP contribution is 2.37. The Kier molecular flexibility index (Phi) is 4.79. The molecule has 2 heterocycles. The minimum atomic E-state index is -0.343. The van der Waals surface area contributed by atoms with Crippen LogP contribution in [0.5, 0.6) is 0 Å². The summed E-state index contributed by atoms with van der Waals surface area (Å²) in [6.45, 7) is 8.05. The fourth-order valence-corrected chi connectivity index (χ4v) is 3.70. The highest BCUT2D eigenvalue weighted by molar-refractivity contribution is 5.88. The van der Waals surface area contributed by atoms with Crippen LogP contribution in [0.15, 0.2) is 30.3 Å². The van der Waals surface area contributed by atoms with Gasteiger partial charge in [0, 0.05) is 13.1 Å². The Morgan fingerprint density at radius 3 is 2.32 bits per heavy atom. The predicted molar refractivity (Wildman–Crippen MR) is 86.9 cm³/mol. The Morgan fingerprint density at radius 2 is 1.73 bits per heavy atom. The highest BCUT2D eigenvalue weighted by Gasteiger charge is 2.44. The molecule has 0 bridgehead atoms. The molecule has 2 aliphatic heterocycles. The molecule has 0 aromatic heterocycles. The first-order valence-electron chi connectivity index (χ1n) is 8.41. The number of ether oxygens (including phenoxy) is 1. The van der Waals surface area contributed by atoms with Crippen molar-refractivity contribution in [1.29, 1.82) is 0 Å². The van der Waals surface area contributed by atoms with Gasteiger partial charge in [0.05, 0.1) is 18.6 Å². The van der Waals surface area contributed by atoms with Gasteiger partial charge in [0.1, 0.15) is 0 Å². The number of carbonyl (C=O) groups excluding carboxylic acids is 1. The van der Waals surface area contributed by atoms with Crippen LogP contribution in [0, 0.1) is 0 Å². The molecule has 0 saturated carbocycles. The smallest absolute Gasteiger partial charge is 0.233 e. The third-order valence-electron chi connectivity index (χ3n) is 5.19. The second-order valence-electron chi connectivity index (χ2n) is 6.29. The standard InChI is InChI=1S/C18H26N2O2/c1-2-19-10-8-18(9-11-19,16-6-4-3-5-7-16)17(21)20-12-14-22-15-13-20/h3-7H,2,8-15H2,1H3. The van der Waals surface area contributed by atoms with Crippen molar-refractivity contribution in [2.45, 2.75) is 25.2 Å². The molecule has 0 spiro atoms. The lowest BCUT2D eigenvalue weighted by Crippen LogP contribution is -2.55. The van der Waals surface area contributed by atoms with Crippen LogP contribution in [-0.4, -0.2) is 61.6 Å². The van der Waals surface area contributed by atoms with E-state index < -0.39 is 0 Å². The lowest BCUT2D eigenvalue weighted by Gasteiger charge is -2.44. The monoisotopic (exact) mass is 302 g/mol. The minimum Gasteiger partial charge on any atom is -0.378 e. The first-order valence-corrected chi connectivity index (χ1v) is 8.41. The van der Waals surface area contributed by atoms with Crippen molar-refractivity contribution in [3.8, 4) is 0 Å². The fourth-order valence-electron chi connectivity index (χ4n) is 3.70. The SMILES string of the molecule is CCN1CCC(C(=O)N2CCOCC2)(c2ccccc2)CC1. The van der Waals surface area contributed by atoms with E-state index in [9.17, 15) is 4.79 Å². The summed E-state index contributed by atoms with van der Waals surface area (Å²) in [5.41, 5.74) is 0.840. The van der Waals surface area contributed by atoms with Gasteiger partial charge in [-0.25, -0.2) is 0 Å². The van der Waals surface area contributed by atoms with Gasteiger partial charge in [-0.15, -0.1) is 0 Å². The molecule has 0 aliphatic carbocycles. The summed E-state index contributed by atoms with van der Waals surface area (Å²) in [5.74, 6) is 0.303. The summed E-state index contributed by atoms with van der Waals surface area (Å²) in [7, 11) is 0. The zero-order valence-electron chi connectivity index (χ0n) is 13.5. The molecule has 22 heavy (non-hydrogen) atoms. The summed E-state index contributed by atoms with van der Waals surface area (Å²) < 4.78 is 5.41. The first kappa shape index (κ1) is 15.5. The zero-order valence-corrected chi connectivity index (χ0v) is 13.5. The zero-order chi connectivity index (χ0) is 15.4. The van der Waals surface area contributed by atoms with Crippen LogP contribution in [0.25, 0.3) is 0 Å². The maximum absolute atomic E-state index is 13.3. The van der Waals surface area contributed by atoms with E-state index in [0.29, 0.717) is 19.1 Å². The largest absolute Gasteiger partial charge is 0.378 e. The molecule has 1 amide bonds. The van der Waals surface area contributed by atoms with E-state index in [2.05, 4.69) is 36.1 Å². The number of rotatable bonds is 3. The third kappa shape index (κ3) is 2.90. The molecular weight excluding hydrogens is 276 g/mol. The number of likely N-dealkylation sites (tertiary alicyclic amines) is 1. The molecule has 0 N–H and O–H groups in total. The molecule has 0 unspecified atom stereocenters. The molecule has 120 valence electrons. The van der Waals surface area contributed by atoms with Crippen LogP contribution in [0.2, 0.25) is 0 Å². The number of nitrogens with zero attached hydrogens (tertiary/aromatic N) is 2. The van der Waals surface area contributed by atoms with Gasteiger partial charge in [0.25, 0.3) is 0 Å². The Hall–Kier alpha value is -1.39. The Labute approximate surface area is 133 Å². The maximum atomic E-state index is 13.3. The Morgan fingerprint density at radius 1 is 1.09 bits per heavy atom. The van der Waals surface area contributed by atoms with Gasteiger partial charge in [-0.1, -0.05) is 37.3 Å². The number of piperidine rings is 1. The Bertz CT molecular complexity index is 489. The molecule has 2 aliphatic rings. The van der Waals surface area contributed by atoms with E-state index in [1.54, 1.807) is 0 Å². The number of morpholine rings is 1. The van der Waals surface area contributed by atoms with E-state index >= 15 is 0 Å². The Balaban J connectivity index is 1.88. The van der Waals surface area contributed by atoms with Crippen LogP contribution in [-0.2, 0) is 14.9 Å². The van der Waals surface area contributed by atoms with Crippen molar-refractivity contribution in [2.75, 3.05) is 45.9 Å². The molecule has 2 saturated heterocycles. The second kappa shape index (κ2) is 6.80. The van der Waals surface area contributed by atoms with Crippen LogP contribution >= 0.6 is 0 Å². The summed E-state index contributed by atoms with van der Waals surface area (Å²) >= 11 is 0. The van der Waals surface area contributed by atoms with Crippen LogP contribution in [0.3, 0.4) is 0 Å². The van der Waals surface area contributed by atoms with Crippen molar-refractivity contribution in [1.82, 2.24) is 9.80 Å². The summed E-state index contributed by atoms with van der Waals surface area (Å²) in [6.07, 6.45) is 1.84. The third-order valence-corrected chi connectivity index (χ3v) is 5.19. The molecule has 1 aromatic carbocycles. The summed E-state index contributed by atoms with van der Waals surface area (Å²) in [6, 6.07) is 10.4. The van der Waals surface area contributed by atoms with E-state index in [1.807, 2.05) is 11.0 Å². The van der Waals surface area contributed by atoms with E-state index in [-0.39, 0.29) is 5.41 Å². The maximum Gasteiger partial charge on any atom is 0.233 e. The van der Waals surface area contributed by atoms with Crippen molar-refractivity contribution >= 4 is 5.91 Å². The lowest BCUT2D eigenvalue weighted by atomic mass is 9.71. The van der Waals surface area contributed by atoms with E-state index in [4.69, 9.17) is 4.74 Å². The van der Waals surface area contributed by atoms with Gasteiger partial charge in [0.2, 0.25) is 5.91 Å². The lowest BCUT2D eigenvalue weighted by molar-refractivity contribution is -0.143. The molecule has 2 fully saturated rings. The van der Waals surface area contributed by atoms with Crippen molar-refractivity contribution in [3.63, 3.8) is 0 Å². The summed E-state index contributed by atoms with van der Waals surface area (Å²) in [5, 5.41) is 0. The number of benzene rings is 1. The first-order chi connectivity index (χ1) is 10.8. The van der Waals surface area contributed by atoms with E-state index in [0.717, 1.165) is 45.6 Å². The van der Waals surface area contributed by atoms with Crippen LogP contribution in [0.4, 0.5) is 0 Å². The highest BCUT2D eigenvalue weighted by atomic mass is 16.5. The van der Waals surface area contributed by atoms with Gasteiger partial charge in [-0.3, -0.25) is 4.79 Å². The van der Waals surface area contributed by atoms with Gasteiger partial charge < -0.3 is 14.5 Å². The molecule has 1 aromatic rings. The predicted octanol–water partition coefficient (Wildman–Crippen LogP) is 1.90. The number of amides is 1. The molecular formula is C18H26N2O2. The molecule has 0 radical (unpaired) electrons. The van der Waals surface area contributed by atoms with Crippen LogP contribution < -0.4 is 0 Å². The topological polar surface area (TPSA) is 32.8 Å². The minimum absolute atomic E-state index is 0.303. The fraction of sp³-hybridized carbons (Fsp3) is 0.611. The quantitative estimate of drug-likeness (QED) is 0.855. The van der Waals surface area contributed by atoms with Gasteiger partial charge >= 0.3 is 0 Å². The average Bonchev–Trinajstić information content (AvgIpc) is 2.62. The number of hydrogen-bond donors (Lipinski definition) is 0. The van der Waals surface area contributed by atoms with Gasteiger partial charge in [-0.2, -0.15) is 0 Å². The van der Waals surface area contributed by atoms with Crippen LogP contribution in [0.1, 0.15) is 25.3 Å².